The minimum Gasteiger partial charge on any atom is -0.476 e. The largest absolute Gasteiger partial charge is 0.476 e. The molecule has 2 heterocycles. The number of nitrogens with zero attached hydrogens (tertiary/aromatic N) is 3. The number of Topliss-reactive ketones (excluding diaryl/α,β-unsaturated/α-hetero) is 1. The van der Waals surface area contributed by atoms with Crippen LogP contribution in [0.2, 0.25) is 0 Å². The smallest absolute Gasteiger partial charge is 0.405 e. The number of likely N-dealkylation sites (tertiary alicyclic amines) is 1. The molecular weight excluding hydrogens is 518 g/mol. The van der Waals surface area contributed by atoms with E-state index >= 15 is 0 Å². The van der Waals surface area contributed by atoms with Crippen molar-refractivity contribution in [1.29, 1.82) is 5.26 Å². The van der Waals surface area contributed by atoms with Crippen molar-refractivity contribution in [2.24, 2.45) is 17.6 Å². The van der Waals surface area contributed by atoms with Gasteiger partial charge < -0.3 is 30.7 Å². The summed E-state index contributed by atoms with van der Waals surface area (Å²) >= 11 is 0. The van der Waals surface area contributed by atoms with E-state index in [9.17, 15) is 34.3 Å². The first-order chi connectivity index (χ1) is 19.0. The predicted molar refractivity (Wildman–Crippen MR) is 139 cm³/mol. The number of ether oxygens (including phenoxy) is 1. The first-order valence-corrected chi connectivity index (χ1v) is 13.6. The molecular formula is C28H33N5O7. The Morgan fingerprint density at radius 1 is 1.23 bits per heavy atom. The lowest BCUT2D eigenvalue weighted by Gasteiger charge is -2.36. The molecule has 2 saturated carbocycles. The maximum Gasteiger partial charge on any atom is 0.405 e. The van der Waals surface area contributed by atoms with Gasteiger partial charge in [0, 0.05) is 25.5 Å². The molecule has 2 aliphatic carbocycles. The molecule has 4 amide bonds. The quantitative estimate of drug-likeness (QED) is 0.405. The highest BCUT2D eigenvalue weighted by atomic mass is 16.5. The molecule has 40 heavy (non-hydrogen) atoms. The number of amides is 4. The van der Waals surface area contributed by atoms with E-state index in [1.807, 2.05) is 0 Å². The number of benzene rings is 1. The van der Waals surface area contributed by atoms with Crippen LogP contribution in [0, 0.1) is 23.2 Å². The minimum atomic E-state index is -1.55. The highest BCUT2D eigenvalue weighted by Gasteiger charge is 2.57. The standard InChI is InChI=1S/C28H33N5O7/c1-32(25(36)19(31-27(38)39)9-15-5-6-15)20(10-16-7-8-16)26(37)33-14-28(12-21(33)24(30)35)22(34)11-17-3-2-4-18(13-29)23(17)40-28/h2-4,15-16,19-21,31H,5-12,14H2,1H3,(H2,30,35)(H,38,39)/t19-,20-,21-,28+/m0/s1. The summed E-state index contributed by atoms with van der Waals surface area (Å²) in [5.41, 5.74) is 4.96. The highest BCUT2D eigenvalue weighted by molar-refractivity contribution is 5.98. The second-order valence-corrected chi connectivity index (χ2v) is 11.5. The van der Waals surface area contributed by atoms with E-state index in [1.165, 1.54) is 16.8 Å². The number of carbonyl (C=O) groups is 5. The summed E-state index contributed by atoms with van der Waals surface area (Å²) in [6.07, 6.45) is 2.80. The van der Waals surface area contributed by atoms with Crippen molar-refractivity contribution in [3.63, 3.8) is 0 Å². The molecule has 0 radical (unpaired) electrons. The molecule has 1 spiro atoms. The van der Waals surface area contributed by atoms with Gasteiger partial charge in [0.25, 0.3) is 0 Å². The number of para-hydroxylation sites is 1. The number of ketones is 1. The van der Waals surface area contributed by atoms with Gasteiger partial charge in [0.1, 0.15) is 29.9 Å². The lowest BCUT2D eigenvalue weighted by atomic mass is 9.86. The zero-order valence-corrected chi connectivity index (χ0v) is 22.3. The summed E-state index contributed by atoms with van der Waals surface area (Å²) in [5.74, 6) is -1.48. The Kier molecular flexibility index (Phi) is 7.16. The molecule has 0 aromatic heterocycles. The number of hydrogen-bond donors (Lipinski definition) is 3. The van der Waals surface area contributed by atoms with Crippen LogP contribution >= 0.6 is 0 Å². The van der Waals surface area contributed by atoms with Gasteiger partial charge in [0.15, 0.2) is 11.4 Å². The molecule has 12 nitrogen and oxygen atoms in total. The Bertz CT molecular complexity index is 1300. The number of primary amides is 1. The monoisotopic (exact) mass is 551 g/mol. The zero-order chi connectivity index (χ0) is 28.8. The summed E-state index contributed by atoms with van der Waals surface area (Å²) in [6, 6.07) is 3.86. The number of carboxylic acid groups (broad SMARTS) is 1. The average molecular weight is 552 g/mol. The lowest BCUT2D eigenvalue weighted by molar-refractivity contribution is -0.149. The van der Waals surface area contributed by atoms with Crippen LogP contribution in [-0.4, -0.2) is 81.8 Å². The summed E-state index contributed by atoms with van der Waals surface area (Å²) in [6.45, 7) is -0.250. The number of hydrogen-bond acceptors (Lipinski definition) is 7. The lowest BCUT2D eigenvalue weighted by Crippen LogP contribution is -2.57. The minimum absolute atomic E-state index is 0.0219. The van der Waals surface area contributed by atoms with Crippen molar-refractivity contribution < 1.29 is 33.8 Å². The Labute approximate surface area is 231 Å². The predicted octanol–water partition coefficient (Wildman–Crippen LogP) is 0.951. The van der Waals surface area contributed by atoms with Crippen molar-refractivity contribution in [2.75, 3.05) is 13.6 Å². The first-order valence-electron chi connectivity index (χ1n) is 13.6. The summed E-state index contributed by atoms with van der Waals surface area (Å²) < 4.78 is 6.16. The van der Waals surface area contributed by atoms with Crippen LogP contribution in [0.25, 0.3) is 0 Å². The van der Waals surface area contributed by atoms with Crippen molar-refractivity contribution in [3.05, 3.63) is 29.3 Å². The molecule has 4 N–H and O–H groups in total. The van der Waals surface area contributed by atoms with Gasteiger partial charge >= 0.3 is 6.09 Å². The van der Waals surface area contributed by atoms with Gasteiger partial charge in [-0.25, -0.2) is 4.79 Å². The number of nitriles is 1. The number of likely N-dealkylation sites (N-methyl/N-ethyl adjacent to an activating group) is 1. The second kappa shape index (κ2) is 10.4. The average Bonchev–Trinajstić information content (AvgIpc) is 3.85. The van der Waals surface area contributed by atoms with Gasteiger partial charge in [-0.3, -0.25) is 19.2 Å². The molecule has 1 aromatic carbocycles. The Hall–Kier alpha value is -4.14. The maximum absolute atomic E-state index is 14.1. The molecule has 0 bridgehead atoms. The number of fused-ring (bicyclic) bond motifs is 1. The van der Waals surface area contributed by atoms with Gasteiger partial charge in [-0.05, 0) is 30.7 Å². The molecule has 2 aliphatic heterocycles. The molecule has 4 atom stereocenters. The van der Waals surface area contributed by atoms with E-state index in [0.717, 1.165) is 25.7 Å². The molecule has 3 fully saturated rings. The van der Waals surface area contributed by atoms with Gasteiger partial charge in [0.2, 0.25) is 17.7 Å². The van der Waals surface area contributed by atoms with Crippen molar-refractivity contribution >= 4 is 29.6 Å². The molecule has 5 rings (SSSR count). The Balaban J connectivity index is 1.42. The van der Waals surface area contributed by atoms with Gasteiger partial charge in [-0.1, -0.05) is 37.8 Å². The molecule has 1 saturated heterocycles. The molecule has 212 valence electrons. The van der Waals surface area contributed by atoms with E-state index in [2.05, 4.69) is 11.4 Å². The normalized spacial score (nSPS) is 24.9. The van der Waals surface area contributed by atoms with Crippen LogP contribution < -0.4 is 15.8 Å². The molecule has 4 aliphatic rings. The van der Waals surface area contributed by atoms with Crippen LogP contribution in [0.5, 0.6) is 5.75 Å². The fraction of sp³-hybridized carbons (Fsp3) is 0.571. The van der Waals surface area contributed by atoms with Gasteiger partial charge in [-0.2, -0.15) is 5.26 Å². The second-order valence-electron chi connectivity index (χ2n) is 11.5. The third kappa shape index (κ3) is 5.33. The molecule has 1 aromatic rings. The van der Waals surface area contributed by atoms with E-state index in [0.29, 0.717) is 18.4 Å². The summed E-state index contributed by atoms with van der Waals surface area (Å²) in [5, 5.41) is 21.2. The molecule has 0 unspecified atom stereocenters. The number of rotatable bonds is 9. The van der Waals surface area contributed by atoms with Crippen LogP contribution in [0.15, 0.2) is 18.2 Å². The Morgan fingerprint density at radius 3 is 2.50 bits per heavy atom. The van der Waals surface area contributed by atoms with Gasteiger partial charge in [0.05, 0.1) is 12.1 Å². The van der Waals surface area contributed by atoms with E-state index in [1.54, 1.807) is 18.2 Å². The Morgan fingerprint density at radius 2 is 1.90 bits per heavy atom. The first kappa shape index (κ1) is 27.4. The van der Waals surface area contributed by atoms with E-state index in [-0.39, 0.29) is 48.3 Å². The SMILES string of the molecule is CN(C(=O)[C@H](CC1CC1)NC(=O)O)[C@@H](CC1CC1)C(=O)N1C[C@@]2(C[C@H]1C(N)=O)Oc1c(C#N)cccc1CC2=O. The summed E-state index contributed by atoms with van der Waals surface area (Å²) in [4.78, 5) is 67.5. The fourth-order valence-corrected chi connectivity index (χ4v) is 5.90. The number of nitrogens with one attached hydrogen (secondary N) is 1. The third-order valence-electron chi connectivity index (χ3n) is 8.53. The van der Waals surface area contributed by atoms with Crippen molar-refractivity contribution in [3.8, 4) is 11.8 Å². The fourth-order valence-electron chi connectivity index (χ4n) is 5.90. The van der Waals surface area contributed by atoms with Crippen LogP contribution in [-0.2, 0) is 25.6 Å². The highest BCUT2D eigenvalue weighted by Crippen LogP contribution is 2.42. The maximum atomic E-state index is 14.1. The molecule has 12 heteroatoms. The summed E-state index contributed by atoms with van der Waals surface area (Å²) in [7, 11) is 1.47. The zero-order valence-electron chi connectivity index (χ0n) is 22.3. The van der Waals surface area contributed by atoms with Crippen LogP contribution in [0.4, 0.5) is 4.79 Å². The van der Waals surface area contributed by atoms with E-state index < -0.39 is 47.5 Å². The topological polar surface area (TPSA) is 183 Å². The number of nitrogens with two attached hydrogens (primary N) is 1. The number of carbonyl (C=O) groups excluding carboxylic acids is 4. The van der Waals surface area contributed by atoms with E-state index in [4.69, 9.17) is 10.5 Å². The van der Waals surface area contributed by atoms with Gasteiger partial charge in [-0.15, -0.1) is 0 Å². The van der Waals surface area contributed by atoms with Crippen LogP contribution in [0.1, 0.15) is 56.1 Å². The third-order valence-corrected chi connectivity index (χ3v) is 8.53. The van der Waals surface area contributed by atoms with Crippen molar-refractivity contribution in [2.45, 2.75) is 75.1 Å². The van der Waals surface area contributed by atoms with Crippen LogP contribution in [0.3, 0.4) is 0 Å². The van der Waals surface area contributed by atoms with Crippen molar-refractivity contribution in [1.82, 2.24) is 15.1 Å².